The number of carbonyl (C=O) groups is 1. The van der Waals surface area contributed by atoms with Crippen molar-refractivity contribution in [3.8, 4) is 5.75 Å². The monoisotopic (exact) mass is 434 g/mol. The van der Waals surface area contributed by atoms with Gasteiger partial charge in [0.25, 0.3) is 5.91 Å². The maximum absolute atomic E-state index is 12.6. The van der Waals surface area contributed by atoms with E-state index >= 15 is 0 Å². The molecule has 0 bridgehead atoms. The maximum Gasteiger partial charge on any atom is 0.256 e. The molecule has 1 aliphatic heterocycles. The predicted octanol–water partition coefficient (Wildman–Crippen LogP) is 4.57. The van der Waals surface area contributed by atoms with Crippen molar-refractivity contribution in [2.75, 3.05) is 37.0 Å². The van der Waals surface area contributed by atoms with E-state index in [2.05, 4.69) is 38.3 Å². The second kappa shape index (κ2) is 8.93. The smallest absolute Gasteiger partial charge is 0.256 e. The third kappa shape index (κ3) is 4.81. The van der Waals surface area contributed by atoms with E-state index in [1.165, 1.54) is 17.1 Å². The van der Waals surface area contributed by atoms with E-state index < -0.39 is 0 Å². The molecule has 4 nitrogen and oxygen atoms in total. The number of nitrogens with zero attached hydrogens (tertiary/aromatic N) is 1. The summed E-state index contributed by atoms with van der Waals surface area (Å²) in [7, 11) is 1.59. The zero-order valence-electron chi connectivity index (χ0n) is 15.0. The van der Waals surface area contributed by atoms with E-state index in [-0.39, 0.29) is 5.91 Å². The fourth-order valence-electron chi connectivity index (χ4n) is 2.98. The molecule has 0 atom stereocenters. The molecule has 1 fully saturated rings. The first-order valence-electron chi connectivity index (χ1n) is 8.61. The van der Waals surface area contributed by atoms with Crippen molar-refractivity contribution in [1.29, 1.82) is 0 Å². The average Bonchev–Trinajstić information content (AvgIpc) is 2.65. The fourth-order valence-corrected chi connectivity index (χ4v) is 4.38. The van der Waals surface area contributed by atoms with Crippen LogP contribution in [0.25, 0.3) is 0 Å². The van der Waals surface area contributed by atoms with Crippen molar-refractivity contribution < 1.29 is 9.53 Å². The summed E-state index contributed by atoms with van der Waals surface area (Å²) in [5, 5.41) is 3.01. The number of methoxy groups -OCH3 is 1. The van der Waals surface area contributed by atoms with E-state index in [1.54, 1.807) is 13.2 Å². The average molecular weight is 435 g/mol. The van der Waals surface area contributed by atoms with Crippen LogP contribution in [-0.2, 0) is 6.54 Å². The molecular weight excluding hydrogens is 412 g/mol. The number of halogens is 1. The molecule has 1 saturated heterocycles. The van der Waals surface area contributed by atoms with E-state index in [0.29, 0.717) is 11.3 Å². The molecule has 1 N–H and O–H groups in total. The van der Waals surface area contributed by atoms with Gasteiger partial charge < -0.3 is 10.1 Å². The second-order valence-corrected chi connectivity index (χ2v) is 8.42. The van der Waals surface area contributed by atoms with E-state index in [0.717, 1.165) is 35.4 Å². The van der Waals surface area contributed by atoms with E-state index in [1.807, 2.05) is 36.9 Å². The van der Waals surface area contributed by atoms with Gasteiger partial charge in [-0.2, -0.15) is 11.8 Å². The van der Waals surface area contributed by atoms with Crippen LogP contribution in [0.4, 0.5) is 5.69 Å². The van der Waals surface area contributed by atoms with Gasteiger partial charge in [-0.1, -0.05) is 12.1 Å². The molecule has 2 aromatic carbocycles. The van der Waals surface area contributed by atoms with Gasteiger partial charge in [-0.25, -0.2) is 0 Å². The van der Waals surface area contributed by atoms with Crippen LogP contribution in [0.15, 0.2) is 40.9 Å². The van der Waals surface area contributed by atoms with Crippen LogP contribution in [0.5, 0.6) is 5.75 Å². The molecule has 3 rings (SSSR count). The summed E-state index contributed by atoms with van der Waals surface area (Å²) < 4.78 is 5.96. The van der Waals surface area contributed by atoms with Crippen LogP contribution in [0.1, 0.15) is 21.5 Å². The molecule has 1 amide bonds. The molecule has 138 valence electrons. The van der Waals surface area contributed by atoms with Gasteiger partial charge in [0.2, 0.25) is 0 Å². The van der Waals surface area contributed by atoms with Crippen molar-refractivity contribution in [3.63, 3.8) is 0 Å². The zero-order chi connectivity index (χ0) is 18.5. The van der Waals surface area contributed by atoms with Crippen molar-refractivity contribution >= 4 is 39.3 Å². The van der Waals surface area contributed by atoms with Gasteiger partial charge >= 0.3 is 0 Å². The number of hydrogen-bond acceptors (Lipinski definition) is 4. The second-order valence-electron chi connectivity index (χ2n) is 6.34. The van der Waals surface area contributed by atoms with Gasteiger partial charge in [-0.3, -0.25) is 9.69 Å². The minimum Gasteiger partial charge on any atom is -0.497 e. The first-order valence-corrected chi connectivity index (χ1v) is 10.6. The first-order chi connectivity index (χ1) is 12.6. The zero-order valence-corrected chi connectivity index (χ0v) is 17.5. The summed E-state index contributed by atoms with van der Waals surface area (Å²) in [6.07, 6.45) is 0. The molecule has 0 saturated carbocycles. The van der Waals surface area contributed by atoms with Crippen LogP contribution < -0.4 is 10.1 Å². The fraction of sp³-hybridized carbons (Fsp3) is 0.350. The molecule has 0 radical (unpaired) electrons. The quantitative estimate of drug-likeness (QED) is 0.748. The summed E-state index contributed by atoms with van der Waals surface area (Å²) in [5.41, 5.74) is 3.75. The Hall–Kier alpha value is -1.50. The third-order valence-electron chi connectivity index (χ3n) is 4.47. The number of carbonyl (C=O) groups excluding carboxylic acids is 1. The van der Waals surface area contributed by atoms with Crippen LogP contribution in [0.2, 0.25) is 0 Å². The third-order valence-corrected chi connectivity index (χ3v) is 6.10. The lowest BCUT2D eigenvalue weighted by atomic mass is 10.1. The number of benzene rings is 2. The van der Waals surface area contributed by atoms with Gasteiger partial charge in [-0.15, -0.1) is 0 Å². The summed E-state index contributed by atoms with van der Waals surface area (Å²) in [6, 6.07) is 11.6. The highest BCUT2D eigenvalue weighted by atomic mass is 79.9. The Morgan fingerprint density at radius 1 is 1.23 bits per heavy atom. The minimum absolute atomic E-state index is 0.153. The van der Waals surface area contributed by atoms with Crippen LogP contribution >= 0.6 is 27.7 Å². The Balaban J connectivity index is 1.70. The van der Waals surface area contributed by atoms with Gasteiger partial charge in [-0.05, 0) is 58.2 Å². The molecule has 0 aromatic heterocycles. The number of amides is 1. The molecule has 6 heteroatoms. The molecule has 2 aromatic rings. The lowest BCUT2D eigenvalue weighted by Gasteiger charge is -2.26. The highest BCUT2D eigenvalue weighted by Gasteiger charge is 2.14. The Labute approximate surface area is 167 Å². The Morgan fingerprint density at radius 2 is 2.00 bits per heavy atom. The molecule has 0 unspecified atom stereocenters. The number of ether oxygens (including phenoxy) is 1. The number of anilines is 1. The van der Waals surface area contributed by atoms with Crippen molar-refractivity contribution in [2.45, 2.75) is 13.5 Å². The summed E-state index contributed by atoms with van der Waals surface area (Å²) in [6.45, 7) is 5.29. The highest BCUT2D eigenvalue weighted by Crippen LogP contribution is 2.25. The number of nitrogens with one attached hydrogen (secondary N) is 1. The molecule has 1 heterocycles. The molecule has 0 aliphatic carbocycles. The summed E-state index contributed by atoms with van der Waals surface area (Å²) >= 11 is 5.46. The topological polar surface area (TPSA) is 41.6 Å². The van der Waals surface area contributed by atoms with Gasteiger partial charge in [0, 0.05) is 41.3 Å². The van der Waals surface area contributed by atoms with Gasteiger partial charge in [0.1, 0.15) is 5.75 Å². The lowest BCUT2D eigenvalue weighted by Crippen LogP contribution is -2.31. The Bertz CT molecular complexity index is 791. The largest absolute Gasteiger partial charge is 0.497 e. The van der Waals surface area contributed by atoms with Crippen molar-refractivity contribution in [1.82, 2.24) is 4.90 Å². The summed E-state index contributed by atoms with van der Waals surface area (Å²) in [5.74, 6) is 2.93. The van der Waals surface area contributed by atoms with E-state index in [9.17, 15) is 4.79 Å². The normalized spacial score (nSPS) is 14.9. The SMILES string of the molecule is COc1ccc(Br)c(C(=O)Nc2ccc(CN3CCSCC3)cc2C)c1. The van der Waals surface area contributed by atoms with Crippen LogP contribution in [-0.4, -0.2) is 42.5 Å². The molecular formula is C20H23BrN2O2S. The van der Waals surface area contributed by atoms with Crippen LogP contribution in [0.3, 0.4) is 0 Å². The Morgan fingerprint density at radius 3 is 2.69 bits per heavy atom. The van der Waals surface area contributed by atoms with Crippen molar-refractivity contribution in [2.24, 2.45) is 0 Å². The van der Waals surface area contributed by atoms with Gasteiger partial charge in [0.15, 0.2) is 0 Å². The first kappa shape index (κ1) is 19.3. The number of aryl methyl sites for hydroxylation is 1. The molecule has 26 heavy (non-hydrogen) atoms. The number of rotatable bonds is 5. The highest BCUT2D eigenvalue weighted by molar-refractivity contribution is 9.10. The molecule has 1 aliphatic rings. The van der Waals surface area contributed by atoms with Crippen LogP contribution in [0, 0.1) is 6.92 Å². The standard InChI is InChI=1S/C20H23BrN2O2S/c1-14-11-15(13-23-7-9-26-10-8-23)3-6-19(14)22-20(24)17-12-16(25-2)4-5-18(17)21/h3-6,11-12H,7-10,13H2,1-2H3,(H,22,24). The number of thioether (sulfide) groups is 1. The van der Waals surface area contributed by atoms with Gasteiger partial charge in [0.05, 0.1) is 12.7 Å². The Kier molecular flexibility index (Phi) is 6.62. The number of hydrogen-bond donors (Lipinski definition) is 1. The maximum atomic E-state index is 12.6. The lowest BCUT2D eigenvalue weighted by molar-refractivity contribution is 0.102. The van der Waals surface area contributed by atoms with Crippen molar-refractivity contribution in [3.05, 3.63) is 57.6 Å². The minimum atomic E-state index is -0.153. The predicted molar refractivity (Wildman–Crippen MR) is 112 cm³/mol. The summed E-state index contributed by atoms with van der Waals surface area (Å²) in [4.78, 5) is 15.1. The molecule has 0 spiro atoms. The van der Waals surface area contributed by atoms with E-state index in [4.69, 9.17) is 4.74 Å².